The molecule has 1 aliphatic heterocycles. The Morgan fingerprint density at radius 1 is 1.64 bits per heavy atom. The van der Waals surface area contributed by atoms with Crippen LogP contribution in [0.15, 0.2) is 11.6 Å². The number of methoxy groups -OCH3 is 1. The Morgan fingerprint density at radius 2 is 2.36 bits per heavy atom. The first kappa shape index (κ1) is 11.7. The molecule has 0 bridgehead atoms. The van der Waals surface area contributed by atoms with Gasteiger partial charge in [-0.05, 0) is 32.3 Å². The lowest BCUT2D eigenvalue weighted by atomic mass is 9.89. The van der Waals surface area contributed by atoms with E-state index in [1.165, 1.54) is 5.57 Å². The van der Waals surface area contributed by atoms with E-state index < -0.39 is 0 Å². The van der Waals surface area contributed by atoms with E-state index in [-0.39, 0.29) is 11.7 Å². The number of allylic oxidation sites excluding steroid dienone is 1. The van der Waals surface area contributed by atoms with Crippen molar-refractivity contribution in [1.82, 2.24) is 0 Å². The Morgan fingerprint density at radius 3 is 2.93 bits per heavy atom. The minimum Gasteiger partial charge on any atom is -0.378 e. The average Bonchev–Trinajstić information content (AvgIpc) is 2.18. The summed E-state index contributed by atoms with van der Waals surface area (Å²) in [6.07, 6.45) is 5.56. The largest absolute Gasteiger partial charge is 0.378 e. The summed E-state index contributed by atoms with van der Waals surface area (Å²) in [5.41, 5.74) is 1.35. The van der Waals surface area contributed by atoms with Crippen molar-refractivity contribution in [2.75, 3.05) is 13.7 Å². The molecule has 0 aromatic carbocycles. The molecule has 2 atom stereocenters. The van der Waals surface area contributed by atoms with Crippen molar-refractivity contribution in [3.63, 3.8) is 0 Å². The molecule has 0 saturated carbocycles. The van der Waals surface area contributed by atoms with Gasteiger partial charge in [-0.3, -0.25) is 0 Å². The lowest BCUT2D eigenvalue weighted by Gasteiger charge is -2.37. The molecule has 1 saturated heterocycles. The Labute approximate surface area is 87.3 Å². The molecular formula is C12H22O2. The number of hydrogen-bond acceptors (Lipinski definition) is 2. The highest BCUT2D eigenvalue weighted by Crippen LogP contribution is 2.30. The summed E-state index contributed by atoms with van der Waals surface area (Å²) in [6, 6.07) is 0. The summed E-state index contributed by atoms with van der Waals surface area (Å²) >= 11 is 0. The minimum atomic E-state index is 0.00571. The zero-order chi connectivity index (χ0) is 10.6. The maximum absolute atomic E-state index is 5.74. The maximum atomic E-state index is 5.74. The zero-order valence-corrected chi connectivity index (χ0v) is 9.80. The van der Waals surface area contributed by atoms with Gasteiger partial charge in [0.2, 0.25) is 0 Å². The highest BCUT2D eigenvalue weighted by atomic mass is 16.5. The van der Waals surface area contributed by atoms with E-state index >= 15 is 0 Å². The van der Waals surface area contributed by atoms with Crippen LogP contribution < -0.4 is 0 Å². The molecule has 0 radical (unpaired) electrons. The molecule has 1 fully saturated rings. The number of hydrogen-bond donors (Lipinski definition) is 0. The molecule has 2 unspecified atom stereocenters. The predicted octanol–water partition coefficient (Wildman–Crippen LogP) is 2.93. The summed E-state index contributed by atoms with van der Waals surface area (Å²) < 4.78 is 11.3. The van der Waals surface area contributed by atoms with Crippen LogP contribution in [-0.4, -0.2) is 25.4 Å². The van der Waals surface area contributed by atoms with Crippen molar-refractivity contribution in [2.24, 2.45) is 0 Å². The van der Waals surface area contributed by atoms with Gasteiger partial charge in [0.25, 0.3) is 0 Å². The van der Waals surface area contributed by atoms with Gasteiger partial charge in [-0.2, -0.15) is 0 Å². The van der Waals surface area contributed by atoms with E-state index in [2.05, 4.69) is 26.8 Å². The van der Waals surface area contributed by atoms with Crippen LogP contribution in [0.2, 0.25) is 0 Å². The quantitative estimate of drug-likeness (QED) is 0.649. The Balaban J connectivity index is 2.60. The van der Waals surface area contributed by atoms with E-state index in [9.17, 15) is 0 Å². The summed E-state index contributed by atoms with van der Waals surface area (Å²) in [4.78, 5) is 0. The molecule has 1 aliphatic rings. The normalized spacial score (nSPS) is 34.6. The van der Waals surface area contributed by atoms with Crippen molar-refractivity contribution < 1.29 is 9.47 Å². The molecule has 1 heterocycles. The molecule has 0 aromatic heterocycles. The van der Waals surface area contributed by atoms with Gasteiger partial charge in [-0.25, -0.2) is 0 Å². The minimum absolute atomic E-state index is 0.00571. The van der Waals surface area contributed by atoms with Gasteiger partial charge in [0, 0.05) is 13.5 Å². The van der Waals surface area contributed by atoms with Crippen LogP contribution >= 0.6 is 0 Å². The molecule has 0 N–H and O–H groups in total. The van der Waals surface area contributed by atoms with Crippen LogP contribution in [0.4, 0.5) is 0 Å². The van der Waals surface area contributed by atoms with Gasteiger partial charge < -0.3 is 9.47 Å². The fourth-order valence-corrected chi connectivity index (χ4v) is 1.90. The highest BCUT2D eigenvalue weighted by Gasteiger charge is 2.33. The monoisotopic (exact) mass is 198 g/mol. The van der Waals surface area contributed by atoms with Crippen LogP contribution in [0.3, 0.4) is 0 Å². The summed E-state index contributed by atoms with van der Waals surface area (Å²) in [6.45, 7) is 7.28. The van der Waals surface area contributed by atoms with Gasteiger partial charge in [0.15, 0.2) is 0 Å². The lowest BCUT2D eigenvalue weighted by molar-refractivity contribution is -0.102. The molecule has 82 valence electrons. The van der Waals surface area contributed by atoms with Gasteiger partial charge in [-0.1, -0.05) is 13.0 Å². The smallest absolute Gasteiger partial charge is 0.0809 e. The first-order valence-corrected chi connectivity index (χ1v) is 5.44. The first-order valence-electron chi connectivity index (χ1n) is 5.44. The van der Waals surface area contributed by atoms with Gasteiger partial charge in [-0.15, -0.1) is 0 Å². The van der Waals surface area contributed by atoms with E-state index in [4.69, 9.17) is 9.47 Å². The van der Waals surface area contributed by atoms with E-state index in [1.54, 1.807) is 7.11 Å². The summed E-state index contributed by atoms with van der Waals surface area (Å²) in [5, 5.41) is 0. The first-order chi connectivity index (χ1) is 6.61. The lowest BCUT2D eigenvalue weighted by Crippen LogP contribution is -2.40. The van der Waals surface area contributed by atoms with Crippen LogP contribution in [0.1, 0.15) is 40.0 Å². The second kappa shape index (κ2) is 4.94. The fraction of sp³-hybridized carbons (Fsp3) is 0.833. The van der Waals surface area contributed by atoms with Gasteiger partial charge >= 0.3 is 0 Å². The third kappa shape index (κ3) is 2.82. The molecule has 0 aromatic rings. The predicted molar refractivity (Wildman–Crippen MR) is 58.4 cm³/mol. The van der Waals surface area contributed by atoms with Crippen molar-refractivity contribution in [2.45, 2.75) is 51.7 Å². The van der Waals surface area contributed by atoms with Crippen molar-refractivity contribution in [3.8, 4) is 0 Å². The van der Waals surface area contributed by atoms with E-state index in [0.717, 1.165) is 25.9 Å². The molecule has 0 aliphatic carbocycles. The standard InChI is InChI=1S/C12H22O2/c1-5-6-10(2)11-9-12(3,13-4)7-8-14-11/h6,11H,5,7-9H2,1-4H3. The third-order valence-corrected chi connectivity index (χ3v) is 3.09. The van der Waals surface area contributed by atoms with Crippen LogP contribution in [0.5, 0.6) is 0 Å². The zero-order valence-electron chi connectivity index (χ0n) is 9.80. The molecule has 2 nitrogen and oxygen atoms in total. The van der Waals surface area contributed by atoms with E-state index in [1.807, 2.05) is 0 Å². The molecule has 1 rings (SSSR count). The topological polar surface area (TPSA) is 18.5 Å². The van der Waals surface area contributed by atoms with Crippen molar-refractivity contribution >= 4 is 0 Å². The SMILES string of the molecule is CCC=C(C)C1CC(C)(OC)CCO1. The highest BCUT2D eigenvalue weighted by molar-refractivity contribution is 5.08. The molecule has 2 heteroatoms. The maximum Gasteiger partial charge on any atom is 0.0809 e. The molecule has 0 amide bonds. The summed E-state index contributed by atoms with van der Waals surface area (Å²) in [5.74, 6) is 0. The third-order valence-electron chi connectivity index (χ3n) is 3.09. The van der Waals surface area contributed by atoms with E-state index in [0.29, 0.717) is 0 Å². The van der Waals surface area contributed by atoms with Crippen molar-refractivity contribution in [1.29, 1.82) is 0 Å². The van der Waals surface area contributed by atoms with Crippen LogP contribution in [-0.2, 0) is 9.47 Å². The van der Waals surface area contributed by atoms with Crippen molar-refractivity contribution in [3.05, 3.63) is 11.6 Å². The second-order valence-corrected chi connectivity index (χ2v) is 4.32. The Hall–Kier alpha value is -0.340. The van der Waals surface area contributed by atoms with Crippen LogP contribution in [0, 0.1) is 0 Å². The van der Waals surface area contributed by atoms with Gasteiger partial charge in [0.1, 0.15) is 0 Å². The average molecular weight is 198 g/mol. The Bertz CT molecular complexity index is 210. The second-order valence-electron chi connectivity index (χ2n) is 4.32. The fourth-order valence-electron chi connectivity index (χ4n) is 1.90. The molecule has 14 heavy (non-hydrogen) atoms. The summed E-state index contributed by atoms with van der Waals surface area (Å²) in [7, 11) is 1.79. The Kier molecular flexibility index (Phi) is 4.14. The molecule has 0 spiro atoms. The molecular weight excluding hydrogens is 176 g/mol. The number of rotatable bonds is 3. The number of ether oxygens (including phenoxy) is 2. The van der Waals surface area contributed by atoms with Gasteiger partial charge in [0.05, 0.1) is 18.3 Å². The van der Waals surface area contributed by atoms with Crippen LogP contribution in [0.25, 0.3) is 0 Å².